The van der Waals surface area contributed by atoms with Gasteiger partial charge >= 0.3 is 0 Å². The highest BCUT2D eigenvalue weighted by Gasteiger charge is 2.28. The van der Waals surface area contributed by atoms with Gasteiger partial charge in [0.25, 0.3) is 0 Å². The number of rotatable bonds is 4. The molecular weight excluding hydrogens is 328 g/mol. The Kier molecular flexibility index (Phi) is 4.87. The fraction of sp³-hybridized carbons (Fsp3) is 0.647. The van der Waals surface area contributed by atoms with Crippen LogP contribution >= 0.6 is 15.9 Å². The zero-order valence-corrected chi connectivity index (χ0v) is 14.4. The summed E-state index contributed by atoms with van der Waals surface area (Å²) in [5.74, 6) is 1.76. The van der Waals surface area contributed by atoms with Crippen LogP contribution in [0.25, 0.3) is 0 Å². The molecule has 1 saturated carbocycles. The number of benzene rings is 1. The van der Waals surface area contributed by atoms with E-state index in [1.165, 1.54) is 36.8 Å². The third-order valence-corrected chi connectivity index (χ3v) is 5.44. The SMILES string of the molecule is CN(Cc1cc(Br)cc2c1OCC2)C1CCCCC1CN. The third kappa shape index (κ3) is 3.27. The first-order valence-electron chi connectivity index (χ1n) is 8.03. The molecule has 0 amide bonds. The number of ether oxygens (including phenoxy) is 1. The Morgan fingerprint density at radius 2 is 2.14 bits per heavy atom. The van der Waals surface area contributed by atoms with Crippen LogP contribution in [0.5, 0.6) is 5.75 Å². The zero-order chi connectivity index (χ0) is 14.8. The molecule has 0 radical (unpaired) electrons. The van der Waals surface area contributed by atoms with E-state index in [1.54, 1.807) is 0 Å². The lowest BCUT2D eigenvalue weighted by atomic mass is 9.83. The molecule has 21 heavy (non-hydrogen) atoms. The van der Waals surface area contributed by atoms with Crippen molar-refractivity contribution in [3.05, 3.63) is 27.7 Å². The summed E-state index contributed by atoms with van der Waals surface area (Å²) in [6, 6.07) is 5.01. The minimum absolute atomic E-state index is 0.611. The fourth-order valence-corrected chi connectivity index (χ4v) is 4.45. The van der Waals surface area contributed by atoms with Crippen molar-refractivity contribution in [1.82, 2.24) is 4.90 Å². The van der Waals surface area contributed by atoms with Crippen molar-refractivity contribution in [2.24, 2.45) is 11.7 Å². The van der Waals surface area contributed by atoms with Crippen LogP contribution in [0.3, 0.4) is 0 Å². The first kappa shape index (κ1) is 15.3. The Hall–Kier alpha value is -0.580. The van der Waals surface area contributed by atoms with E-state index < -0.39 is 0 Å². The molecule has 0 spiro atoms. The summed E-state index contributed by atoms with van der Waals surface area (Å²) in [6.07, 6.45) is 6.24. The van der Waals surface area contributed by atoms with Crippen LogP contribution in [0.15, 0.2) is 16.6 Å². The lowest BCUT2D eigenvalue weighted by molar-refractivity contribution is 0.126. The minimum atomic E-state index is 0.611. The van der Waals surface area contributed by atoms with Gasteiger partial charge in [-0.15, -0.1) is 0 Å². The van der Waals surface area contributed by atoms with Gasteiger partial charge in [-0.1, -0.05) is 28.8 Å². The maximum absolute atomic E-state index is 5.98. The molecule has 3 rings (SSSR count). The molecule has 2 N–H and O–H groups in total. The van der Waals surface area contributed by atoms with Crippen LogP contribution < -0.4 is 10.5 Å². The molecule has 0 aromatic heterocycles. The minimum Gasteiger partial charge on any atom is -0.493 e. The molecule has 116 valence electrons. The number of halogens is 1. The standard InChI is InChI=1S/C17H25BrN2O/c1-20(16-5-3-2-4-13(16)10-19)11-14-9-15(18)8-12-6-7-21-17(12)14/h8-9,13,16H,2-7,10-11,19H2,1H3. The number of hydrogen-bond donors (Lipinski definition) is 1. The molecule has 1 heterocycles. The molecule has 1 aliphatic heterocycles. The van der Waals surface area contributed by atoms with Crippen molar-refractivity contribution in [3.63, 3.8) is 0 Å². The van der Waals surface area contributed by atoms with Crippen molar-refractivity contribution in [2.75, 3.05) is 20.2 Å². The summed E-state index contributed by atoms with van der Waals surface area (Å²) in [5.41, 5.74) is 8.63. The molecule has 4 heteroatoms. The van der Waals surface area contributed by atoms with Gasteiger partial charge in [0.2, 0.25) is 0 Å². The highest BCUT2D eigenvalue weighted by Crippen LogP contribution is 2.35. The molecular formula is C17H25BrN2O. The van der Waals surface area contributed by atoms with Gasteiger partial charge in [-0.2, -0.15) is 0 Å². The number of nitrogens with zero attached hydrogens (tertiary/aromatic N) is 1. The van der Waals surface area contributed by atoms with E-state index in [9.17, 15) is 0 Å². The monoisotopic (exact) mass is 352 g/mol. The van der Waals surface area contributed by atoms with Crippen LogP contribution in [0.2, 0.25) is 0 Å². The Morgan fingerprint density at radius 3 is 2.95 bits per heavy atom. The second kappa shape index (κ2) is 6.67. The molecule has 3 nitrogen and oxygen atoms in total. The molecule has 2 atom stereocenters. The molecule has 1 aliphatic carbocycles. The van der Waals surface area contributed by atoms with Gasteiger partial charge < -0.3 is 10.5 Å². The highest BCUT2D eigenvalue weighted by molar-refractivity contribution is 9.10. The summed E-state index contributed by atoms with van der Waals surface area (Å²) >= 11 is 3.63. The van der Waals surface area contributed by atoms with Crippen molar-refractivity contribution in [2.45, 2.75) is 44.7 Å². The first-order valence-corrected chi connectivity index (χ1v) is 8.82. The summed E-state index contributed by atoms with van der Waals surface area (Å²) in [6.45, 7) is 2.57. The summed E-state index contributed by atoms with van der Waals surface area (Å²) in [7, 11) is 2.24. The average Bonchev–Trinajstić information content (AvgIpc) is 2.95. The molecule has 2 aliphatic rings. The summed E-state index contributed by atoms with van der Waals surface area (Å²) in [5, 5.41) is 0. The van der Waals surface area contributed by atoms with E-state index in [4.69, 9.17) is 10.5 Å². The average molecular weight is 353 g/mol. The lowest BCUT2D eigenvalue weighted by Crippen LogP contribution is -2.42. The molecule has 0 saturated heterocycles. The second-order valence-electron chi connectivity index (χ2n) is 6.41. The Labute approximate surface area is 136 Å². The van der Waals surface area contributed by atoms with E-state index in [0.717, 1.165) is 36.3 Å². The number of nitrogens with two attached hydrogens (primary N) is 1. The Balaban J connectivity index is 1.77. The third-order valence-electron chi connectivity index (χ3n) is 4.98. The van der Waals surface area contributed by atoms with E-state index >= 15 is 0 Å². The van der Waals surface area contributed by atoms with Crippen LogP contribution in [0.4, 0.5) is 0 Å². The van der Waals surface area contributed by atoms with Crippen LogP contribution in [-0.2, 0) is 13.0 Å². The van der Waals surface area contributed by atoms with E-state index in [1.807, 2.05) is 0 Å². The van der Waals surface area contributed by atoms with Gasteiger partial charge in [0.15, 0.2) is 0 Å². The maximum Gasteiger partial charge on any atom is 0.127 e. The van der Waals surface area contributed by atoms with Gasteiger partial charge in [-0.05, 0) is 50.0 Å². The molecule has 0 bridgehead atoms. The first-order chi connectivity index (χ1) is 10.2. The molecule has 1 fully saturated rings. The maximum atomic E-state index is 5.98. The quantitative estimate of drug-likeness (QED) is 0.902. The summed E-state index contributed by atoms with van der Waals surface area (Å²) < 4.78 is 7.02. The van der Waals surface area contributed by atoms with Crippen LogP contribution in [0.1, 0.15) is 36.8 Å². The van der Waals surface area contributed by atoms with Crippen LogP contribution in [-0.4, -0.2) is 31.1 Å². The van der Waals surface area contributed by atoms with Gasteiger partial charge in [0.1, 0.15) is 5.75 Å². The van der Waals surface area contributed by atoms with Gasteiger partial charge in [-0.25, -0.2) is 0 Å². The topological polar surface area (TPSA) is 38.5 Å². The largest absolute Gasteiger partial charge is 0.493 e. The van der Waals surface area contributed by atoms with Crippen LogP contribution in [0, 0.1) is 5.92 Å². The normalized spacial score (nSPS) is 25.0. The van der Waals surface area contributed by atoms with Crippen molar-refractivity contribution < 1.29 is 4.74 Å². The van der Waals surface area contributed by atoms with Gasteiger partial charge in [0.05, 0.1) is 6.61 Å². The predicted molar refractivity (Wildman–Crippen MR) is 89.6 cm³/mol. The van der Waals surface area contributed by atoms with Crippen molar-refractivity contribution in [1.29, 1.82) is 0 Å². The van der Waals surface area contributed by atoms with Gasteiger partial charge in [0, 0.05) is 29.0 Å². The number of hydrogen-bond acceptors (Lipinski definition) is 3. The second-order valence-corrected chi connectivity index (χ2v) is 7.33. The Morgan fingerprint density at radius 1 is 1.33 bits per heavy atom. The van der Waals surface area contributed by atoms with Crippen molar-refractivity contribution >= 4 is 15.9 Å². The zero-order valence-electron chi connectivity index (χ0n) is 12.8. The van der Waals surface area contributed by atoms with Gasteiger partial charge in [-0.3, -0.25) is 4.90 Å². The highest BCUT2D eigenvalue weighted by atomic mass is 79.9. The van der Waals surface area contributed by atoms with E-state index in [-0.39, 0.29) is 0 Å². The summed E-state index contributed by atoms with van der Waals surface area (Å²) in [4.78, 5) is 2.49. The number of fused-ring (bicyclic) bond motifs is 1. The smallest absolute Gasteiger partial charge is 0.127 e. The predicted octanol–water partition coefficient (Wildman–Crippen LogP) is 3.33. The molecule has 1 aromatic rings. The molecule has 1 aromatic carbocycles. The van der Waals surface area contributed by atoms with E-state index in [2.05, 4.69) is 40.0 Å². The fourth-order valence-electron chi connectivity index (χ4n) is 3.89. The van der Waals surface area contributed by atoms with E-state index in [0.29, 0.717) is 12.0 Å². The lowest BCUT2D eigenvalue weighted by Gasteiger charge is -2.37. The van der Waals surface area contributed by atoms with Crippen molar-refractivity contribution in [3.8, 4) is 5.75 Å². The molecule has 2 unspecified atom stereocenters. The Bertz CT molecular complexity index is 506.